The maximum Gasteiger partial charge on any atom is 0.267 e. The van der Waals surface area contributed by atoms with Gasteiger partial charge in [-0.25, -0.2) is 12.8 Å². The number of carbonyl (C=O) groups excluding carboxylic acids is 1. The Kier molecular flexibility index (Phi) is 5.86. The molecule has 1 N–H and O–H groups in total. The van der Waals surface area contributed by atoms with Gasteiger partial charge in [-0.05, 0) is 53.4 Å². The van der Waals surface area contributed by atoms with E-state index in [1.807, 2.05) is 0 Å². The molecule has 1 amide bonds. The largest absolute Gasteiger partial charge is 0.321 e. The summed E-state index contributed by atoms with van der Waals surface area (Å²) >= 11 is 12.9. The number of hydrogen-bond donors (Lipinski definition) is 1. The van der Waals surface area contributed by atoms with Gasteiger partial charge in [-0.3, -0.25) is 4.79 Å². The highest BCUT2D eigenvalue weighted by atomic mass is 35.5. The number of carbonyl (C=O) groups is 1. The van der Waals surface area contributed by atoms with Crippen LogP contribution in [0.5, 0.6) is 0 Å². The number of anilines is 1. The van der Waals surface area contributed by atoms with E-state index in [4.69, 9.17) is 23.2 Å². The van der Waals surface area contributed by atoms with Crippen molar-refractivity contribution in [3.05, 3.63) is 80.2 Å². The number of amides is 1. The van der Waals surface area contributed by atoms with Crippen LogP contribution < -0.4 is 5.32 Å². The Balaban J connectivity index is 1.86. The van der Waals surface area contributed by atoms with Crippen molar-refractivity contribution < 1.29 is 17.6 Å². The highest BCUT2D eigenvalue weighted by Gasteiger charge is 2.25. The van der Waals surface area contributed by atoms with E-state index < -0.39 is 21.6 Å². The van der Waals surface area contributed by atoms with Crippen LogP contribution in [0.15, 0.2) is 58.8 Å². The lowest BCUT2D eigenvalue weighted by atomic mass is 10.2. The van der Waals surface area contributed by atoms with Crippen molar-refractivity contribution in [3.8, 4) is 0 Å². The lowest BCUT2D eigenvalue weighted by Crippen LogP contribution is -2.15. The molecule has 0 radical (unpaired) electrons. The molecule has 0 spiro atoms. The van der Waals surface area contributed by atoms with Crippen molar-refractivity contribution in [2.45, 2.75) is 10.6 Å². The molecule has 4 nitrogen and oxygen atoms in total. The molecular weight excluding hydrogens is 432 g/mol. The Morgan fingerprint density at radius 3 is 2.44 bits per heavy atom. The van der Waals surface area contributed by atoms with E-state index in [0.29, 0.717) is 16.3 Å². The predicted molar refractivity (Wildman–Crippen MR) is 106 cm³/mol. The molecule has 0 fully saturated rings. The maximum absolute atomic E-state index is 13.0. The van der Waals surface area contributed by atoms with E-state index >= 15 is 0 Å². The second kappa shape index (κ2) is 7.98. The Hall–Kier alpha value is -1.93. The number of hydrogen-bond acceptors (Lipinski definition) is 4. The van der Waals surface area contributed by atoms with Crippen molar-refractivity contribution in [2.24, 2.45) is 0 Å². The van der Waals surface area contributed by atoms with Crippen LogP contribution in [0, 0.1) is 5.82 Å². The molecule has 1 heterocycles. The van der Waals surface area contributed by atoms with Crippen molar-refractivity contribution >= 4 is 56.0 Å². The highest BCUT2D eigenvalue weighted by Crippen LogP contribution is 2.29. The van der Waals surface area contributed by atoms with Gasteiger partial charge in [0.15, 0.2) is 9.84 Å². The first-order valence-electron chi connectivity index (χ1n) is 7.57. The Labute approximate surface area is 169 Å². The van der Waals surface area contributed by atoms with E-state index in [1.165, 1.54) is 47.8 Å². The van der Waals surface area contributed by atoms with Gasteiger partial charge in [0, 0.05) is 15.7 Å². The molecule has 3 rings (SSSR count). The molecular formula is C18H12Cl2FNO3S2. The Morgan fingerprint density at radius 2 is 1.78 bits per heavy atom. The summed E-state index contributed by atoms with van der Waals surface area (Å²) in [5.74, 6) is -1.39. The fourth-order valence-electron chi connectivity index (χ4n) is 2.35. The average molecular weight is 444 g/mol. The fourth-order valence-corrected chi connectivity index (χ4v) is 5.67. The normalized spacial score (nSPS) is 11.4. The SMILES string of the molecule is O=C(Nc1ccc(F)cc1)c1sccc1S(=O)(=O)Cc1ccc(Cl)cc1Cl. The second-order valence-corrected chi connectivity index (χ2v) is 9.29. The van der Waals surface area contributed by atoms with Gasteiger partial charge < -0.3 is 5.32 Å². The number of thiophene rings is 1. The third kappa shape index (κ3) is 4.68. The highest BCUT2D eigenvalue weighted by molar-refractivity contribution is 7.90. The zero-order chi connectivity index (χ0) is 19.6. The van der Waals surface area contributed by atoms with E-state index in [1.54, 1.807) is 6.07 Å². The molecule has 0 bridgehead atoms. The Bertz CT molecular complexity index is 1100. The molecule has 1 aromatic heterocycles. The topological polar surface area (TPSA) is 63.2 Å². The van der Waals surface area contributed by atoms with E-state index in [2.05, 4.69) is 5.32 Å². The monoisotopic (exact) mass is 443 g/mol. The zero-order valence-electron chi connectivity index (χ0n) is 13.6. The molecule has 0 saturated carbocycles. The van der Waals surface area contributed by atoms with E-state index in [-0.39, 0.29) is 20.5 Å². The summed E-state index contributed by atoms with van der Waals surface area (Å²) in [6.45, 7) is 0. The van der Waals surface area contributed by atoms with Gasteiger partial charge in [-0.15, -0.1) is 11.3 Å². The standard InChI is InChI=1S/C18H12Cl2FNO3S2/c19-12-2-1-11(15(20)9-12)10-27(24,25)16-7-8-26-17(16)18(23)22-14-5-3-13(21)4-6-14/h1-9H,10H2,(H,22,23). The molecule has 140 valence electrons. The molecule has 0 aliphatic carbocycles. The van der Waals surface area contributed by atoms with Gasteiger partial charge in [-0.2, -0.15) is 0 Å². The number of sulfone groups is 1. The summed E-state index contributed by atoms with van der Waals surface area (Å²) < 4.78 is 38.6. The Morgan fingerprint density at radius 1 is 1.07 bits per heavy atom. The van der Waals surface area contributed by atoms with Crippen LogP contribution in [0.25, 0.3) is 0 Å². The third-order valence-corrected chi connectivity index (χ3v) is 6.96. The van der Waals surface area contributed by atoms with E-state index in [9.17, 15) is 17.6 Å². The lowest BCUT2D eigenvalue weighted by Gasteiger charge is -2.09. The van der Waals surface area contributed by atoms with Crippen LogP contribution in [0.1, 0.15) is 15.2 Å². The smallest absolute Gasteiger partial charge is 0.267 e. The second-order valence-electron chi connectivity index (χ2n) is 5.57. The molecule has 0 unspecified atom stereocenters. The van der Waals surface area contributed by atoms with Gasteiger partial charge in [0.25, 0.3) is 5.91 Å². The molecule has 3 aromatic rings. The van der Waals surface area contributed by atoms with Gasteiger partial charge in [-0.1, -0.05) is 29.3 Å². The summed E-state index contributed by atoms with van der Waals surface area (Å²) in [4.78, 5) is 12.4. The van der Waals surface area contributed by atoms with Crippen LogP contribution in [-0.2, 0) is 15.6 Å². The third-order valence-electron chi connectivity index (χ3n) is 3.63. The average Bonchev–Trinajstić information content (AvgIpc) is 3.10. The summed E-state index contributed by atoms with van der Waals surface area (Å²) in [5.41, 5.74) is 0.746. The van der Waals surface area contributed by atoms with E-state index in [0.717, 1.165) is 11.3 Å². The number of nitrogens with one attached hydrogen (secondary N) is 1. The molecule has 9 heteroatoms. The van der Waals surface area contributed by atoms with Crippen LogP contribution in [0.3, 0.4) is 0 Å². The summed E-state index contributed by atoms with van der Waals surface area (Å²) in [5, 5.41) is 4.72. The number of rotatable bonds is 5. The van der Waals surface area contributed by atoms with Gasteiger partial charge in [0.1, 0.15) is 10.7 Å². The van der Waals surface area contributed by atoms with Gasteiger partial charge in [0.2, 0.25) is 0 Å². The number of halogens is 3. The van der Waals surface area contributed by atoms with Gasteiger partial charge in [0.05, 0.1) is 10.6 Å². The summed E-state index contributed by atoms with van der Waals surface area (Å²) in [7, 11) is -3.82. The van der Waals surface area contributed by atoms with Crippen molar-refractivity contribution in [1.29, 1.82) is 0 Å². The minimum Gasteiger partial charge on any atom is -0.321 e. The predicted octanol–water partition coefficient (Wildman–Crippen LogP) is 5.42. The molecule has 0 atom stereocenters. The number of benzene rings is 2. The molecule has 0 aliphatic heterocycles. The van der Waals surface area contributed by atoms with Crippen LogP contribution in [-0.4, -0.2) is 14.3 Å². The molecule has 0 saturated heterocycles. The van der Waals surface area contributed by atoms with Crippen molar-refractivity contribution in [3.63, 3.8) is 0 Å². The maximum atomic E-state index is 13.0. The summed E-state index contributed by atoms with van der Waals surface area (Å²) in [6.07, 6.45) is 0. The zero-order valence-corrected chi connectivity index (χ0v) is 16.7. The first kappa shape index (κ1) is 19.8. The minimum absolute atomic E-state index is 0.0458. The lowest BCUT2D eigenvalue weighted by molar-refractivity contribution is 0.102. The molecule has 0 aliphatic rings. The molecule has 27 heavy (non-hydrogen) atoms. The van der Waals surface area contributed by atoms with Crippen molar-refractivity contribution in [1.82, 2.24) is 0 Å². The summed E-state index contributed by atoms with van der Waals surface area (Å²) in [6, 6.07) is 11.1. The van der Waals surface area contributed by atoms with Crippen molar-refractivity contribution in [2.75, 3.05) is 5.32 Å². The first-order chi connectivity index (χ1) is 12.8. The minimum atomic E-state index is -3.82. The van der Waals surface area contributed by atoms with Crippen LogP contribution in [0.2, 0.25) is 10.0 Å². The van der Waals surface area contributed by atoms with Gasteiger partial charge >= 0.3 is 0 Å². The fraction of sp³-hybridized carbons (Fsp3) is 0.0556. The molecule has 2 aromatic carbocycles. The first-order valence-corrected chi connectivity index (χ1v) is 10.9. The van der Waals surface area contributed by atoms with Crippen LogP contribution in [0.4, 0.5) is 10.1 Å². The van der Waals surface area contributed by atoms with Crippen LogP contribution >= 0.6 is 34.5 Å². The quantitative estimate of drug-likeness (QED) is 0.572.